The third kappa shape index (κ3) is 42.9. The average molecular weight is 451 g/mol. The number of halogens is 1. The molecule has 0 aromatic carbocycles. The maximum absolute atomic E-state index is 3.84. The molecule has 0 fully saturated rings. The first kappa shape index (κ1) is 28.6. The molecular weight excluding hydrogens is 417 g/mol. The summed E-state index contributed by atoms with van der Waals surface area (Å²) >= 11 is 3.25. The molecule has 4 radical (unpaired) electrons. The molecule has 0 unspecified atom stereocenters. The van der Waals surface area contributed by atoms with E-state index in [0.717, 1.165) is 4.47 Å². The second-order valence-electron chi connectivity index (χ2n) is 4.17. The van der Waals surface area contributed by atoms with Crippen molar-refractivity contribution in [1.82, 2.24) is 4.98 Å². The summed E-state index contributed by atoms with van der Waals surface area (Å²) in [5.41, 5.74) is 0. The third-order valence-corrected chi connectivity index (χ3v) is 2.59. The zero-order valence-electron chi connectivity index (χ0n) is 14.4. The molecule has 0 aliphatic carbocycles. The van der Waals surface area contributed by atoms with Crippen LogP contribution in [0.1, 0.15) is 80.1 Å². The van der Waals surface area contributed by atoms with Gasteiger partial charge in [0, 0.05) is 40.8 Å². The van der Waals surface area contributed by atoms with Gasteiger partial charge in [-0.1, -0.05) is 80.1 Å². The van der Waals surface area contributed by atoms with Gasteiger partial charge in [0.25, 0.3) is 0 Å². The Labute approximate surface area is 153 Å². The first-order chi connectivity index (χ1) is 9.14. The van der Waals surface area contributed by atoms with Crippen LogP contribution in [0.25, 0.3) is 0 Å². The second kappa shape index (κ2) is 31.7. The minimum atomic E-state index is 0. The summed E-state index contributed by atoms with van der Waals surface area (Å²) in [6, 6.07) is 3.82. The fourth-order valence-corrected chi connectivity index (χ4v) is 0.613. The number of aromatic nitrogens is 1. The zero-order chi connectivity index (χ0) is 15.4. The van der Waals surface area contributed by atoms with Crippen LogP contribution in [0.3, 0.4) is 0 Å². The molecule has 0 amide bonds. The van der Waals surface area contributed by atoms with Crippen LogP contribution in [0.15, 0.2) is 29.0 Å². The summed E-state index contributed by atoms with van der Waals surface area (Å²) < 4.78 is 1.02. The summed E-state index contributed by atoms with van der Waals surface area (Å²) in [4.78, 5) is 3.84. The predicted octanol–water partition coefficient (Wildman–Crippen LogP) is 6.88. The van der Waals surface area contributed by atoms with Gasteiger partial charge in [0.1, 0.15) is 0 Å². The summed E-state index contributed by atoms with van der Waals surface area (Å²) in [5, 5.41) is 0. The van der Waals surface area contributed by atoms with Gasteiger partial charge in [-0.2, -0.15) is 0 Å². The fraction of sp³-hybridized carbons (Fsp3) is 0.706. The minimum Gasteiger partial charge on any atom is -0.264 e. The van der Waals surface area contributed by atoms with E-state index in [4.69, 9.17) is 0 Å². The smallest absolute Gasteiger partial charge is 0.0410 e. The number of nitrogens with zero attached hydrogens (tertiary/aromatic N) is 1. The number of hydrogen-bond donors (Lipinski definition) is 0. The van der Waals surface area contributed by atoms with E-state index in [1.54, 1.807) is 12.4 Å². The van der Waals surface area contributed by atoms with Crippen molar-refractivity contribution in [3.63, 3.8) is 0 Å². The van der Waals surface area contributed by atoms with E-state index in [1.807, 2.05) is 12.1 Å². The average Bonchev–Trinajstić information content (AvgIpc) is 2.48. The fourth-order valence-electron chi connectivity index (χ4n) is 0.342. The molecule has 1 rings (SSSR count). The Morgan fingerprint density at radius 1 is 0.800 bits per heavy atom. The van der Waals surface area contributed by atoms with Gasteiger partial charge in [0.2, 0.25) is 0 Å². The van der Waals surface area contributed by atoms with Crippen LogP contribution in [0.2, 0.25) is 0 Å². The molecule has 118 valence electrons. The van der Waals surface area contributed by atoms with Crippen LogP contribution in [0.4, 0.5) is 0 Å². The van der Waals surface area contributed by atoms with E-state index in [2.05, 4.69) is 62.5 Å². The first-order valence-corrected chi connectivity index (χ1v) is 8.49. The van der Waals surface area contributed by atoms with Gasteiger partial charge >= 0.3 is 0 Å². The van der Waals surface area contributed by atoms with Gasteiger partial charge in [0.15, 0.2) is 0 Å². The Bertz CT molecular complexity index is 202. The molecule has 0 saturated carbocycles. The third-order valence-electron chi connectivity index (χ3n) is 2.13. The summed E-state index contributed by atoms with van der Waals surface area (Å²) in [7, 11) is 0. The molecule has 0 atom stereocenters. The predicted molar refractivity (Wildman–Crippen MR) is 99.4 cm³/mol. The molecule has 20 heavy (non-hydrogen) atoms. The standard InChI is InChI=1S/C5H4BrN.3C4H10.Sn/c6-5-2-1-3-7-4-5;3*1-3-4-2;/h1-4H;3*3-4H2,1-2H3;. The van der Waals surface area contributed by atoms with Crippen LogP contribution in [-0.2, 0) is 0 Å². The molecule has 1 heterocycles. The summed E-state index contributed by atoms with van der Waals surface area (Å²) in [6.07, 6.45) is 11.4. The largest absolute Gasteiger partial charge is 0.264 e. The molecule has 0 aliphatic heterocycles. The molecule has 0 spiro atoms. The Balaban J connectivity index is -0.0000000881. The van der Waals surface area contributed by atoms with Crippen molar-refractivity contribution in [3.05, 3.63) is 29.0 Å². The van der Waals surface area contributed by atoms with E-state index in [9.17, 15) is 0 Å². The summed E-state index contributed by atoms with van der Waals surface area (Å²) in [6.45, 7) is 13.1. The Morgan fingerprint density at radius 3 is 1.25 bits per heavy atom. The van der Waals surface area contributed by atoms with Crippen molar-refractivity contribution in [3.8, 4) is 0 Å². The van der Waals surface area contributed by atoms with Gasteiger partial charge < -0.3 is 0 Å². The van der Waals surface area contributed by atoms with E-state index in [1.165, 1.54) is 38.5 Å². The van der Waals surface area contributed by atoms with Gasteiger partial charge in [0.05, 0.1) is 0 Å². The van der Waals surface area contributed by atoms with E-state index in [0.29, 0.717) is 0 Å². The van der Waals surface area contributed by atoms with Gasteiger partial charge in [-0.3, -0.25) is 4.98 Å². The van der Waals surface area contributed by atoms with E-state index in [-0.39, 0.29) is 23.9 Å². The second-order valence-corrected chi connectivity index (χ2v) is 5.09. The van der Waals surface area contributed by atoms with E-state index < -0.39 is 0 Å². The molecule has 0 bridgehead atoms. The van der Waals surface area contributed by atoms with Crippen LogP contribution >= 0.6 is 15.9 Å². The van der Waals surface area contributed by atoms with Crippen LogP contribution < -0.4 is 0 Å². The molecule has 1 aromatic heterocycles. The molecular formula is C17H34BrNSn. The Hall–Kier alpha value is 0.429. The number of hydrogen-bond acceptors (Lipinski definition) is 1. The first-order valence-electron chi connectivity index (χ1n) is 7.69. The van der Waals surface area contributed by atoms with Gasteiger partial charge in [-0.15, -0.1) is 0 Å². The van der Waals surface area contributed by atoms with Crippen molar-refractivity contribution in [2.24, 2.45) is 0 Å². The molecule has 0 aliphatic rings. The maximum atomic E-state index is 3.84. The van der Waals surface area contributed by atoms with Gasteiger partial charge in [-0.25, -0.2) is 0 Å². The molecule has 0 N–H and O–H groups in total. The normalized spacial score (nSPS) is 7.55. The number of rotatable bonds is 3. The van der Waals surface area contributed by atoms with Crippen LogP contribution in [0, 0.1) is 0 Å². The zero-order valence-corrected chi connectivity index (χ0v) is 18.8. The maximum Gasteiger partial charge on any atom is 0.0410 e. The molecule has 1 aromatic rings. The molecule has 3 heteroatoms. The van der Waals surface area contributed by atoms with Crippen molar-refractivity contribution in [2.75, 3.05) is 0 Å². The topological polar surface area (TPSA) is 12.9 Å². The van der Waals surface area contributed by atoms with Crippen LogP contribution in [0.5, 0.6) is 0 Å². The SMILES string of the molecule is Brc1cccnc1.CCCC.CCCC.CCCC.[Sn]. The van der Waals surface area contributed by atoms with Crippen LogP contribution in [-0.4, -0.2) is 28.9 Å². The Morgan fingerprint density at radius 2 is 1.15 bits per heavy atom. The molecule has 0 saturated heterocycles. The molecule has 1 nitrogen and oxygen atoms in total. The number of pyridine rings is 1. The van der Waals surface area contributed by atoms with E-state index >= 15 is 0 Å². The van der Waals surface area contributed by atoms with Crippen molar-refractivity contribution >= 4 is 39.8 Å². The van der Waals surface area contributed by atoms with Crippen molar-refractivity contribution < 1.29 is 0 Å². The summed E-state index contributed by atoms with van der Waals surface area (Å²) in [5.74, 6) is 0. The Kier molecular flexibility index (Phi) is 45.3. The number of unbranched alkanes of at least 4 members (excludes halogenated alkanes) is 3. The van der Waals surface area contributed by atoms with Gasteiger partial charge in [-0.05, 0) is 28.1 Å². The monoisotopic (exact) mass is 451 g/mol. The minimum absolute atomic E-state index is 0. The quantitative estimate of drug-likeness (QED) is 0.457. The van der Waals surface area contributed by atoms with Crippen molar-refractivity contribution in [2.45, 2.75) is 80.1 Å². The van der Waals surface area contributed by atoms with Crippen molar-refractivity contribution in [1.29, 1.82) is 0 Å².